The van der Waals surface area contributed by atoms with E-state index < -0.39 is 5.60 Å². The molecule has 0 unspecified atom stereocenters. The highest BCUT2D eigenvalue weighted by Crippen LogP contribution is 2.38. The number of hydrogen-bond donors (Lipinski definition) is 3. The number of carbonyl (C=O) groups excluding carboxylic acids is 1. The Hall–Kier alpha value is -3.87. The largest absolute Gasteiger partial charge is 0.444 e. The van der Waals surface area contributed by atoms with Gasteiger partial charge in [0.05, 0.1) is 28.5 Å². The maximum atomic E-state index is 12.3. The molecular formula is C27H36N8O2. The fourth-order valence-corrected chi connectivity index (χ4v) is 5.02. The van der Waals surface area contributed by atoms with Crippen LogP contribution < -0.4 is 16.4 Å². The van der Waals surface area contributed by atoms with Gasteiger partial charge in [0, 0.05) is 19.3 Å². The van der Waals surface area contributed by atoms with Crippen molar-refractivity contribution in [2.24, 2.45) is 7.05 Å². The highest BCUT2D eigenvalue weighted by molar-refractivity contribution is 5.77. The summed E-state index contributed by atoms with van der Waals surface area (Å²) in [5, 5.41) is 16.1. The monoisotopic (exact) mass is 504 g/mol. The van der Waals surface area contributed by atoms with Gasteiger partial charge in [0.1, 0.15) is 23.1 Å². The van der Waals surface area contributed by atoms with Crippen molar-refractivity contribution < 1.29 is 9.53 Å². The Kier molecular flexibility index (Phi) is 7.25. The number of nitrogen functional groups attached to an aromatic ring is 1. The third-order valence-electron chi connectivity index (χ3n) is 6.80. The van der Waals surface area contributed by atoms with Crippen LogP contribution in [0.15, 0.2) is 18.3 Å². The lowest BCUT2D eigenvalue weighted by molar-refractivity contribution is 0.0491. The van der Waals surface area contributed by atoms with Crippen molar-refractivity contribution in [3.05, 3.63) is 40.8 Å². The molecule has 0 aliphatic heterocycles. The molecule has 1 saturated carbocycles. The maximum absolute atomic E-state index is 12.3. The molecule has 0 spiro atoms. The molecule has 37 heavy (non-hydrogen) atoms. The molecule has 10 nitrogen and oxygen atoms in total. The maximum Gasteiger partial charge on any atom is 0.407 e. The lowest BCUT2D eigenvalue weighted by Crippen LogP contribution is -2.40. The quantitative estimate of drug-likeness (QED) is 0.447. The third-order valence-corrected chi connectivity index (χ3v) is 6.80. The predicted molar refractivity (Wildman–Crippen MR) is 143 cm³/mol. The molecule has 10 heteroatoms. The Balaban J connectivity index is 1.59. The van der Waals surface area contributed by atoms with Crippen LogP contribution in [-0.4, -0.2) is 37.3 Å². The van der Waals surface area contributed by atoms with E-state index in [-0.39, 0.29) is 30.0 Å². The van der Waals surface area contributed by atoms with Crippen molar-refractivity contribution in [3.8, 4) is 6.07 Å². The van der Waals surface area contributed by atoms with E-state index in [2.05, 4.69) is 37.3 Å². The van der Waals surface area contributed by atoms with E-state index in [0.29, 0.717) is 17.1 Å². The zero-order valence-corrected chi connectivity index (χ0v) is 22.4. The Bertz CT molecular complexity index is 1340. The number of nitrogens with one attached hydrogen (secondary N) is 2. The van der Waals surface area contributed by atoms with Crippen LogP contribution in [0.5, 0.6) is 0 Å². The fraction of sp³-hybridized carbons (Fsp3) is 0.519. The predicted octanol–water partition coefficient (Wildman–Crippen LogP) is 4.85. The number of rotatable bonds is 5. The van der Waals surface area contributed by atoms with Gasteiger partial charge in [0.25, 0.3) is 0 Å². The van der Waals surface area contributed by atoms with E-state index in [0.717, 1.165) is 42.4 Å². The third kappa shape index (κ3) is 5.93. The first-order valence-electron chi connectivity index (χ1n) is 12.7. The number of carbonyl (C=O) groups is 1. The minimum Gasteiger partial charge on any atom is -0.444 e. The summed E-state index contributed by atoms with van der Waals surface area (Å²) in [7, 11) is 2.02. The van der Waals surface area contributed by atoms with Gasteiger partial charge in [-0.05, 0) is 83.9 Å². The average Bonchev–Trinajstić information content (AvgIpc) is 3.17. The second-order valence-corrected chi connectivity index (χ2v) is 10.9. The number of aryl methyl sites for hydroxylation is 2. The molecule has 4 N–H and O–H groups in total. The summed E-state index contributed by atoms with van der Waals surface area (Å²) < 4.78 is 7.51. The van der Waals surface area contributed by atoms with Crippen LogP contribution in [0, 0.1) is 18.3 Å². The first kappa shape index (κ1) is 26.2. The molecule has 1 amide bonds. The average molecular weight is 505 g/mol. The lowest BCUT2D eigenvalue weighted by atomic mass is 9.80. The van der Waals surface area contributed by atoms with Crippen LogP contribution in [0.4, 0.5) is 16.6 Å². The van der Waals surface area contributed by atoms with Gasteiger partial charge in [-0.15, -0.1) is 0 Å². The van der Waals surface area contributed by atoms with Gasteiger partial charge in [0.2, 0.25) is 5.95 Å². The molecule has 0 aromatic carbocycles. The first-order valence-corrected chi connectivity index (χ1v) is 12.7. The van der Waals surface area contributed by atoms with Gasteiger partial charge in [-0.3, -0.25) is 0 Å². The highest BCUT2D eigenvalue weighted by atomic mass is 16.6. The molecule has 3 aromatic heterocycles. The minimum atomic E-state index is -0.520. The topological polar surface area (TPSA) is 144 Å². The number of anilines is 2. The fourth-order valence-electron chi connectivity index (χ4n) is 5.02. The summed E-state index contributed by atoms with van der Waals surface area (Å²) in [5.74, 6) is 0.815. The number of hydrogen-bond acceptors (Lipinski definition) is 8. The minimum absolute atomic E-state index is 0.0852. The van der Waals surface area contributed by atoms with Crippen molar-refractivity contribution in [2.45, 2.75) is 83.9 Å². The van der Waals surface area contributed by atoms with Crippen molar-refractivity contribution in [1.82, 2.24) is 24.8 Å². The summed E-state index contributed by atoms with van der Waals surface area (Å²) >= 11 is 0. The number of amides is 1. The van der Waals surface area contributed by atoms with Crippen LogP contribution in [-0.2, 0) is 11.8 Å². The second-order valence-electron chi connectivity index (χ2n) is 10.9. The van der Waals surface area contributed by atoms with Gasteiger partial charge < -0.3 is 25.7 Å². The zero-order valence-electron chi connectivity index (χ0n) is 22.4. The molecule has 3 aromatic rings. The molecule has 0 bridgehead atoms. The normalized spacial score (nSPS) is 18.7. The van der Waals surface area contributed by atoms with Crippen molar-refractivity contribution >= 4 is 28.9 Å². The molecule has 0 saturated heterocycles. The van der Waals surface area contributed by atoms with E-state index in [1.807, 2.05) is 47.0 Å². The number of ether oxygens (including phenoxy) is 1. The Morgan fingerprint density at radius 2 is 1.95 bits per heavy atom. The molecular weight excluding hydrogens is 468 g/mol. The number of alkyl carbamates (subject to hydrolysis) is 1. The van der Waals surface area contributed by atoms with E-state index in [1.165, 1.54) is 5.56 Å². The summed E-state index contributed by atoms with van der Waals surface area (Å²) in [4.78, 5) is 25.7. The van der Waals surface area contributed by atoms with Crippen LogP contribution in [0.25, 0.3) is 11.0 Å². The Morgan fingerprint density at radius 1 is 1.24 bits per heavy atom. The molecule has 0 radical (unpaired) electrons. The number of pyridine rings is 1. The van der Waals surface area contributed by atoms with Crippen molar-refractivity contribution in [2.75, 3.05) is 11.1 Å². The van der Waals surface area contributed by atoms with Crippen LogP contribution in [0.3, 0.4) is 0 Å². The van der Waals surface area contributed by atoms with Gasteiger partial charge >= 0.3 is 6.09 Å². The van der Waals surface area contributed by atoms with E-state index in [1.54, 1.807) is 6.92 Å². The van der Waals surface area contributed by atoms with E-state index in [4.69, 9.17) is 15.5 Å². The lowest BCUT2D eigenvalue weighted by Gasteiger charge is -2.32. The number of nitriles is 1. The van der Waals surface area contributed by atoms with Gasteiger partial charge in [-0.2, -0.15) is 10.2 Å². The van der Waals surface area contributed by atoms with E-state index in [9.17, 15) is 10.1 Å². The highest BCUT2D eigenvalue weighted by Gasteiger charge is 2.29. The molecule has 1 aliphatic rings. The van der Waals surface area contributed by atoms with Crippen LogP contribution in [0.1, 0.15) is 87.9 Å². The Morgan fingerprint density at radius 3 is 2.59 bits per heavy atom. The van der Waals surface area contributed by atoms with Crippen LogP contribution >= 0.6 is 0 Å². The molecule has 1 aliphatic carbocycles. The molecule has 3 heterocycles. The SMILES string of the molecule is Cc1nc(N)nc(N[C@@H](C)c2nc3ccn(C)c3cc2C2CCC(NC(=O)OC(C)(C)C)CC2)c1C#N. The number of nitrogens with two attached hydrogens (primary N) is 1. The summed E-state index contributed by atoms with van der Waals surface area (Å²) in [6, 6.07) is 6.28. The Labute approximate surface area is 217 Å². The van der Waals surface area contributed by atoms with Crippen molar-refractivity contribution in [1.29, 1.82) is 5.26 Å². The molecule has 196 valence electrons. The first-order chi connectivity index (χ1) is 17.4. The summed E-state index contributed by atoms with van der Waals surface area (Å²) in [6.07, 6.45) is 5.19. The van der Waals surface area contributed by atoms with Crippen LogP contribution in [0.2, 0.25) is 0 Å². The number of nitrogens with zero attached hydrogens (tertiary/aromatic N) is 5. The molecule has 1 fully saturated rings. The summed E-state index contributed by atoms with van der Waals surface area (Å²) in [5.41, 5.74) is 10.3. The van der Waals surface area contributed by atoms with Gasteiger partial charge in [-0.1, -0.05) is 0 Å². The molecule has 1 atom stereocenters. The van der Waals surface area contributed by atoms with Crippen molar-refractivity contribution in [3.63, 3.8) is 0 Å². The second kappa shape index (κ2) is 10.2. The number of aromatic nitrogens is 4. The number of fused-ring (bicyclic) bond motifs is 1. The zero-order chi connectivity index (χ0) is 26.9. The summed E-state index contributed by atoms with van der Waals surface area (Å²) in [6.45, 7) is 9.36. The smallest absolute Gasteiger partial charge is 0.407 e. The van der Waals surface area contributed by atoms with Gasteiger partial charge in [0.15, 0.2) is 0 Å². The molecule has 4 rings (SSSR count). The standard InChI is InChI=1S/C27H36N8O2/c1-15-20(14-28)24(34-25(29)31-15)30-16(2)23-19(13-22-21(33-23)11-12-35(22)6)17-7-9-18(10-8-17)32-26(36)37-27(3,4)5/h11-13,16-18H,7-10H2,1-6H3,(H,32,36)(H3,29,30,31,34)/t16-,17?,18?/m0/s1. The van der Waals surface area contributed by atoms with E-state index >= 15 is 0 Å². The van der Waals surface area contributed by atoms with Gasteiger partial charge in [-0.25, -0.2) is 14.8 Å².